The number of halogens is 2. The summed E-state index contributed by atoms with van der Waals surface area (Å²) in [6.45, 7) is 6.45. The van der Waals surface area contributed by atoms with Gasteiger partial charge in [0.1, 0.15) is 0 Å². The normalized spacial score (nSPS) is 14.6. The first-order valence-corrected chi connectivity index (χ1v) is 11.3. The van der Waals surface area contributed by atoms with E-state index < -0.39 is 0 Å². The van der Waals surface area contributed by atoms with Crippen molar-refractivity contribution in [3.8, 4) is 0 Å². The molecule has 1 aliphatic carbocycles. The van der Waals surface area contributed by atoms with Crippen molar-refractivity contribution in [3.63, 3.8) is 0 Å². The summed E-state index contributed by atoms with van der Waals surface area (Å²) in [7, 11) is 0. The van der Waals surface area contributed by atoms with Gasteiger partial charge >= 0.3 is 41.3 Å². The van der Waals surface area contributed by atoms with Crippen LogP contribution in [0.4, 0.5) is 0 Å². The van der Waals surface area contributed by atoms with Gasteiger partial charge in [-0.25, -0.2) is 0 Å². The molecule has 3 heteroatoms. The van der Waals surface area contributed by atoms with Crippen molar-refractivity contribution in [2.75, 3.05) is 0 Å². The molecule has 5 rings (SSSR count). The Hall–Kier alpha value is -1.66. The first kappa shape index (κ1) is 25.6. The molecule has 4 aromatic carbocycles. The maximum atomic E-state index is 2.38. The van der Waals surface area contributed by atoms with Crippen LogP contribution in [0.5, 0.6) is 0 Å². The van der Waals surface area contributed by atoms with Crippen LogP contribution in [0.25, 0.3) is 27.1 Å². The van der Waals surface area contributed by atoms with Gasteiger partial charge in [-0.1, -0.05) is 95.6 Å². The Labute approximate surface area is 212 Å². The molecular weight excluding hydrogens is 498 g/mol. The van der Waals surface area contributed by atoms with Gasteiger partial charge in [0.2, 0.25) is 0 Å². The van der Waals surface area contributed by atoms with Crippen LogP contribution in [0.15, 0.2) is 96.6 Å². The topological polar surface area (TPSA) is 0 Å². The van der Waals surface area contributed by atoms with E-state index in [2.05, 4.69) is 112 Å². The molecule has 1 atom stereocenters. The van der Waals surface area contributed by atoms with Crippen molar-refractivity contribution in [3.05, 3.63) is 108 Å². The largest absolute Gasteiger partial charge is 0.147 e. The summed E-state index contributed by atoms with van der Waals surface area (Å²) in [6, 6.07) is 28.5. The first-order chi connectivity index (χ1) is 14.0. The van der Waals surface area contributed by atoms with Crippen LogP contribution in [0, 0.1) is 0 Å². The Morgan fingerprint density at radius 3 is 2.13 bits per heavy atom. The maximum Gasteiger partial charge on any atom is -0.147 e. The van der Waals surface area contributed by atoms with Crippen molar-refractivity contribution in [2.24, 2.45) is 0 Å². The molecule has 0 saturated carbocycles. The van der Waals surface area contributed by atoms with E-state index in [1.54, 1.807) is 24.2 Å². The predicted octanol–water partition coefficient (Wildman–Crippen LogP) is 8.43. The van der Waals surface area contributed by atoms with Gasteiger partial charge in [-0.2, -0.15) is 0 Å². The van der Waals surface area contributed by atoms with Crippen molar-refractivity contribution in [1.82, 2.24) is 0 Å². The molecular formula is C28H27Cl2Zr-. The van der Waals surface area contributed by atoms with E-state index in [1.165, 1.54) is 47.0 Å². The quantitative estimate of drug-likeness (QED) is 0.230. The standard InChI is InChI=1S/C25H19.C3H6.2ClH.Zr/c1-17-14-23(18-8-3-2-4-9-18)24(15-17)22-13-7-12-21-20-11-6-5-10-19(20)16-25(21)22;1-3-2;;;/h2-16,23H,1H3;1-2H3;2*1H;/q-1;;;;. The molecule has 0 nitrogen and oxygen atoms in total. The van der Waals surface area contributed by atoms with Gasteiger partial charge in [-0.05, 0) is 12.5 Å². The fraction of sp³-hybridized carbons (Fsp3) is 0.143. The van der Waals surface area contributed by atoms with Gasteiger partial charge in [0.25, 0.3) is 0 Å². The average Bonchev–Trinajstić information content (AvgIpc) is 3.28. The summed E-state index contributed by atoms with van der Waals surface area (Å²) in [6.07, 6.45) is 4.73. The summed E-state index contributed by atoms with van der Waals surface area (Å²) < 4.78 is 1.51. The van der Waals surface area contributed by atoms with E-state index in [9.17, 15) is 0 Å². The van der Waals surface area contributed by atoms with E-state index in [1.807, 2.05) is 0 Å². The number of hydrogen-bond acceptors (Lipinski definition) is 0. The van der Waals surface area contributed by atoms with Crippen LogP contribution in [-0.4, -0.2) is 3.21 Å². The number of fused-ring (bicyclic) bond motifs is 3. The first-order valence-electron chi connectivity index (χ1n) is 10.1. The number of rotatable bonds is 2. The Morgan fingerprint density at radius 1 is 0.806 bits per heavy atom. The van der Waals surface area contributed by atoms with Crippen LogP contribution in [0.1, 0.15) is 37.8 Å². The zero-order valence-electron chi connectivity index (χ0n) is 18.1. The molecule has 0 radical (unpaired) electrons. The van der Waals surface area contributed by atoms with Gasteiger partial charge < -0.3 is 0 Å². The number of benzene rings is 3. The Balaban J connectivity index is 0.000000527. The minimum atomic E-state index is 0. The molecule has 0 spiro atoms. The second-order valence-corrected chi connectivity index (χ2v) is 10.4. The van der Waals surface area contributed by atoms with Crippen LogP contribution in [0.2, 0.25) is 0 Å². The molecule has 0 N–H and O–H groups in total. The van der Waals surface area contributed by atoms with Crippen molar-refractivity contribution >= 4 is 55.1 Å². The Kier molecular flexibility index (Phi) is 9.32. The molecule has 1 aliphatic rings. The van der Waals surface area contributed by atoms with Crippen molar-refractivity contribution < 1.29 is 24.2 Å². The summed E-state index contributed by atoms with van der Waals surface area (Å²) >= 11 is 1.55. The minimum absolute atomic E-state index is 0. The zero-order chi connectivity index (χ0) is 20.4. The molecule has 31 heavy (non-hydrogen) atoms. The molecule has 0 aromatic heterocycles. The second-order valence-electron chi connectivity index (χ2n) is 7.90. The molecule has 0 saturated heterocycles. The average molecular weight is 526 g/mol. The van der Waals surface area contributed by atoms with Crippen LogP contribution >= 0.6 is 24.8 Å². The van der Waals surface area contributed by atoms with Crippen LogP contribution < -0.4 is 0 Å². The van der Waals surface area contributed by atoms with Gasteiger partial charge in [-0.3, -0.25) is 0 Å². The van der Waals surface area contributed by atoms with E-state index in [4.69, 9.17) is 0 Å². The summed E-state index contributed by atoms with van der Waals surface area (Å²) in [4.78, 5) is 0. The summed E-state index contributed by atoms with van der Waals surface area (Å²) in [5.74, 6) is 0.338. The third-order valence-electron chi connectivity index (χ3n) is 5.27. The number of hydrogen-bond donors (Lipinski definition) is 0. The summed E-state index contributed by atoms with van der Waals surface area (Å²) in [5.41, 5.74) is 5.47. The van der Waals surface area contributed by atoms with Gasteiger partial charge in [0.05, 0.1) is 0 Å². The molecule has 4 aromatic rings. The SMILES string of the molecule is CC1=CC(c2ccccc2)C(c2cccc3c2[cH-]c2ccccc23)=C1.C[C](C)=[Zr].Cl.Cl. The molecule has 0 heterocycles. The van der Waals surface area contributed by atoms with Crippen molar-refractivity contribution in [1.29, 1.82) is 0 Å². The molecule has 0 fully saturated rings. The van der Waals surface area contributed by atoms with Crippen molar-refractivity contribution in [2.45, 2.75) is 26.7 Å². The molecule has 158 valence electrons. The molecule has 0 amide bonds. The molecule has 1 unspecified atom stereocenters. The number of allylic oxidation sites excluding steroid dienone is 4. The van der Waals surface area contributed by atoms with Gasteiger partial charge in [0.15, 0.2) is 0 Å². The predicted molar refractivity (Wildman–Crippen MR) is 139 cm³/mol. The summed E-state index contributed by atoms with van der Waals surface area (Å²) in [5, 5.41) is 5.38. The van der Waals surface area contributed by atoms with E-state index >= 15 is 0 Å². The fourth-order valence-corrected chi connectivity index (χ4v) is 4.15. The minimum Gasteiger partial charge on any atom is -0.147 e. The van der Waals surface area contributed by atoms with Gasteiger partial charge in [0, 0.05) is 5.92 Å². The Morgan fingerprint density at radius 2 is 1.42 bits per heavy atom. The monoisotopic (exact) mass is 523 g/mol. The van der Waals surface area contributed by atoms with E-state index in [0.717, 1.165) is 0 Å². The third kappa shape index (κ3) is 5.59. The zero-order valence-corrected chi connectivity index (χ0v) is 22.1. The Bertz CT molecular complexity index is 1240. The smallest absolute Gasteiger partial charge is 0.147 e. The second kappa shape index (κ2) is 11.3. The maximum absolute atomic E-state index is 2.38. The van der Waals surface area contributed by atoms with E-state index in [-0.39, 0.29) is 24.8 Å². The fourth-order valence-electron chi connectivity index (χ4n) is 4.15. The third-order valence-corrected chi connectivity index (χ3v) is 5.27. The molecule has 0 aliphatic heterocycles. The van der Waals surface area contributed by atoms with E-state index in [0.29, 0.717) is 5.92 Å². The van der Waals surface area contributed by atoms with Crippen LogP contribution in [0.3, 0.4) is 0 Å². The molecule has 0 bridgehead atoms. The van der Waals surface area contributed by atoms with Crippen LogP contribution in [-0.2, 0) is 24.2 Å². The van der Waals surface area contributed by atoms with Gasteiger partial charge in [-0.15, -0.1) is 58.5 Å².